The van der Waals surface area contributed by atoms with Gasteiger partial charge in [-0.25, -0.2) is 0 Å². The van der Waals surface area contributed by atoms with E-state index in [0.717, 1.165) is 24.7 Å². The molecule has 5 heteroatoms. The van der Waals surface area contributed by atoms with Gasteiger partial charge in [0, 0.05) is 0 Å². The fourth-order valence-electron chi connectivity index (χ4n) is 12.9. The molecule has 0 aromatic rings. The molecule has 6 rings (SSSR count). The summed E-state index contributed by atoms with van der Waals surface area (Å²) in [5.74, 6) is 3.55. The molecule has 40 heavy (non-hydrogen) atoms. The van der Waals surface area contributed by atoms with Gasteiger partial charge in [-0.1, -0.05) is 53.7 Å². The first-order valence-corrected chi connectivity index (χ1v) is 16.6. The lowest BCUT2D eigenvalue weighted by atomic mass is 9.32. The SMILES string of the molecule is C=C(C)[C@@H]1CC[C@]2(C)CC[C@]3(C)[C@H](CC[C@@H]4[C@@]5(C)CCC(O[C@@H]6O[C@@H](CO)[C@H](O)[C@H]6O)C(C)(C)[C@@H]5CC[C@]43C)[C@@H]12. The molecule has 14 atom stereocenters. The fraction of sp³-hybridized carbons (Fsp3) is 0.943. The van der Waals surface area contributed by atoms with Crippen molar-refractivity contribution in [2.24, 2.45) is 56.7 Å². The summed E-state index contributed by atoms with van der Waals surface area (Å²) in [6, 6.07) is 0. The van der Waals surface area contributed by atoms with Crippen molar-refractivity contribution in [1.82, 2.24) is 0 Å². The Morgan fingerprint density at radius 2 is 1.55 bits per heavy atom. The quantitative estimate of drug-likeness (QED) is 0.344. The summed E-state index contributed by atoms with van der Waals surface area (Å²) in [6.45, 7) is 21.9. The van der Waals surface area contributed by atoms with Crippen molar-refractivity contribution in [2.45, 2.75) is 143 Å². The molecule has 0 spiro atoms. The average molecular weight is 559 g/mol. The van der Waals surface area contributed by atoms with E-state index >= 15 is 0 Å². The van der Waals surface area contributed by atoms with E-state index in [2.05, 4.69) is 55.0 Å². The van der Waals surface area contributed by atoms with Crippen LogP contribution in [-0.2, 0) is 9.47 Å². The Labute approximate surface area is 243 Å². The summed E-state index contributed by atoms with van der Waals surface area (Å²) < 4.78 is 12.2. The lowest BCUT2D eigenvalue weighted by Gasteiger charge is -2.73. The van der Waals surface area contributed by atoms with E-state index in [1.807, 2.05) is 0 Å². The molecule has 1 saturated heterocycles. The summed E-state index contributed by atoms with van der Waals surface area (Å²) in [4.78, 5) is 0. The molecule has 5 aliphatic carbocycles. The predicted molar refractivity (Wildman–Crippen MR) is 157 cm³/mol. The molecular weight excluding hydrogens is 500 g/mol. The summed E-state index contributed by atoms with van der Waals surface area (Å²) in [5.41, 5.74) is 2.83. The molecule has 0 aromatic heterocycles. The van der Waals surface area contributed by atoms with E-state index in [1.54, 1.807) is 0 Å². The molecule has 6 fully saturated rings. The van der Waals surface area contributed by atoms with Crippen molar-refractivity contribution in [1.29, 1.82) is 0 Å². The number of aliphatic hydroxyl groups excluding tert-OH is 3. The second-order valence-electron chi connectivity index (χ2n) is 17.0. The molecule has 0 radical (unpaired) electrons. The molecule has 1 aliphatic heterocycles. The third-order valence-electron chi connectivity index (χ3n) is 15.2. The summed E-state index contributed by atoms with van der Waals surface area (Å²) in [6.07, 6.45) is 8.83. The molecule has 1 unspecified atom stereocenters. The largest absolute Gasteiger partial charge is 0.394 e. The maximum Gasteiger partial charge on any atom is 0.186 e. The molecule has 0 bridgehead atoms. The van der Waals surface area contributed by atoms with Gasteiger partial charge in [0.15, 0.2) is 6.29 Å². The number of allylic oxidation sites excluding steroid dienone is 1. The van der Waals surface area contributed by atoms with Crippen LogP contribution in [0.3, 0.4) is 0 Å². The molecule has 1 heterocycles. The molecule has 6 aliphatic rings. The number of hydrogen-bond donors (Lipinski definition) is 3. The minimum atomic E-state index is -1.12. The number of hydrogen-bond acceptors (Lipinski definition) is 5. The van der Waals surface area contributed by atoms with Crippen LogP contribution in [0.2, 0.25) is 0 Å². The monoisotopic (exact) mass is 558 g/mol. The fourth-order valence-corrected chi connectivity index (χ4v) is 12.9. The van der Waals surface area contributed by atoms with E-state index in [-0.39, 0.29) is 23.5 Å². The van der Waals surface area contributed by atoms with Crippen LogP contribution in [-0.4, -0.2) is 52.6 Å². The summed E-state index contributed by atoms with van der Waals surface area (Å²) in [5, 5.41) is 30.4. The van der Waals surface area contributed by atoms with E-state index in [1.165, 1.54) is 56.9 Å². The van der Waals surface area contributed by atoms with Crippen molar-refractivity contribution < 1.29 is 24.8 Å². The smallest absolute Gasteiger partial charge is 0.186 e. The van der Waals surface area contributed by atoms with Gasteiger partial charge in [-0.2, -0.15) is 0 Å². The van der Waals surface area contributed by atoms with Crippen LogP contribution < -0.4 is 0 Å². The molecule has 228 valence electrons. The summed E-state index contributed by atoms with van der Waals surface area (Å²) >= 11 is 0. The zero-order valence-electron chi connectivity index (χ0n) is 26.4. The third kappa shape index (κ3) is 3.82. The van der Waals surface area contributed by atoms with Gasteiger partial charge in [0.1, 0.15) is 18.3 Å². The van der Waals surface area contributed by atoms with Gasteiger partial charge in [-0.15, -0.1) is 0 Å². The molecule has 3 N–H and O–H groups in total. The zero-order chi connectivity index (χ0) is 29.0. The van der Waals surface area contributed by atoms with Crippen molar-refractivity contribution in [3.05, 3.63) is 12.2 Å². The van der Waals surface area contributed by atoms with E-state index in [4.69, 9.17) is 9.47 Å². The minimum Gasteiger partial charge on any atom is -0.394 e. The Kier molecular flexibility index (Phi) is 7.04. The molecule has 0 amide bonds. The zero-order valence-corrected chi connectivity index (χ0v) is 26.4. The minimum absolute atomic E-state index is 0.0450. The van der Waals surface area contributed by atoms with Crippen molar-refractivity contribution in [2.75, 3.05) is 6.61 Å². The van der Waals surface area contributed by atoms with Gasteiger partial charge in [-0.3, -0.25) is 0 Å². The maximum atomic E-state index is 10.6. The van der Waals surface area contributed by atoms with Gasteiger partial charge in [0.25, 0.3) is 0 Å². The van der Waals surface area contributed by atoms with Crippen LogP contribution in [0.1, 0.15) is 113 Å². The maximum absolute atomic E-state index is 10.6. The van der Waals surface area contributed by atoms with Gasteiger partial charge >= 0.3 is 0 Å². The molecule has 0 aromatic carbocycles. The van der Waals surface area contributed by atoms with Crippen molar-refractivity contribution in [3.8, 4) is 0 Å². The van der Waals surface area contributed by atoms with E-state index in [9.17, 15) is 15.3 Å². The van der Waals surface area contributed by atoms with E-state index < -0.39 is 24.6 Å². The Balaban J connectivity index is 1.26. The van der Waals surface area contributed by atoms with Crippen LogP contribution in [0.15, 0.2) is 12.2 Å². The predicted octanol–water partition coefficient (Wildman–Crippen LogP) is 6.49. The number of rotatable bonds is 4. The second kappa shape index (κ2) is 9.52. The van der Waals surface area contributed by atoms with Gasteiger partial charge in [0.2, 0.25) is 0 Å². The van der Waals surface area contributed by atoms with Gasteiger partial charge in [0.05, 0.1) is 12.7 Å². The molecular formula is C35H58O5. The lowest BCUT2D eigenvalue weighted by molar-refractivity contribution is -0.274. The molecule has 5 nitrogen and oxygen atoms in total. The van der Waals surface area contributed by atoms with Crippen molar-refractivity contribution in [3.63, 3.8) is 0 Å². The Morgan fingerprint density at radius 3 is 2.20 bits per heavy atom. The second-order valence-corrected chi connectivity index (χ2v) is 17.0. The standard InChI is InChI=1S/C35H58O5/c1-20(2)21-11-14-32(5)17-18-34(7)22(27(21)32)9-10-25-33(6)15-13-26(31(3,4)24(33)12-16-35(25,34)8)40-30-29(38)28(37)23(19-36)39-30/h21-30,36-38H,1,9-19H2,2-8H3/t21-,22+,23-,24-,25+,26?,27+,28-,29+,30-,32+,33-,34+,35+/m0/s1. The highest BCUT2D eigenvalue weighted by Crippen LogP contribution is 2.77. The van der Waals surface area contributed by atoms with Crippen LogP contribution in [0.4, 0.5) is 0 Å². The highest BCUT2D eigenvalue weighted by molar-refractivity contribution is 5.21. The lowest BCUT2D eigenvalue weighted by Crippen LogP contribution is -2.66. The Hall–Kier alpha value is -0.460. The number of fused-ring (bicyclic) bond motifs is 7. The average Bonchev–Trinajstić information content (AvgIpc) is 3.38. The summed E-state index contributed by atoms with van der Waals surface area (Å²) in [7, 11) is 0. The highest BCUT2D eigenvalue weighted by Gasteiger charge is 2.70. The first-order valence-electron chi connectivity index (χ1n) is 16.6. The Bertz CT molecular complexity index is 1010. The topological polar surface area (TPSA) is 79.2 Å². The van der Waals surface area contributed by atoms with Crippen LogP contribution in [0, 0.1) is 56.7 Å². The van der Waals surface area contributed by atoms with Gasteiger partial charge < -0.3 is 24.8 Å². The number of aliphatic hydroxyl groups is 3. The highest BCUT2D eigenvalue weighted by atomic mass is 16.7. The van der Waals surface area contributed by atoms with Crippen molar-refractivity contribution >= 4 is 0 Å². The normalized spacial score (nSPS) is 57.0. The van der Waals surface area contributed by atoms with E-state index in [0.29, 0.717) is 34.0 Å². The third-order valence-corrected chi connectivity index (χ3v) is 15.2. The molecule has 5 saturated carbocycles. The Morgan fingerprint density at radius 1 is 0.825 bits per heavy atom. The first-order chi connectivity index (χ1) is 18.6. The van der Waals surface area contributed by atoms with Crippen LogP contribution in [0.25, 0.3) is 0 Å². The van der Waals surface area contributed by atoms with Crippen LogP contribution in [0.5, 0.6) is 0 Å². The number of ether oxygens (including phenoxy) is 2. The van der Waals surface area contributed by atoms with Gasteiger partial charge in [-0.05, 0) is 128 Å². The first kappa shape index (κ1) is 29.6. The van der Waals surface area contributed by atoms with Crippen LogP contribution >= 0.6 is 0 Å².